The molecule has 1 aliphatic rings. The maximum atomic E-state index is 11.6. The molecule has 0 atom stereocenters. The average Bonchev–Trinajstić information content (AvgIpc) is 3.11. The van der Waals surface area contributed by atoms with Crippen LogP contribution in [0, 0.1) is 6.92 Å². The third-order valence-corrected chi connectivity index (χ3v) is 7.45. The fourth-order valence-electron chi connectivity index (χ4n) is 3.80. The molecular formula is C23H26Cl2N4O4S. The molecule has 0 amide bonds. The Labute approximate surface area is 212 Å². The van der Waals surface area contributed by atoms with Crippen LogP contribution in [-0.4, -0.2) is 49.0 Å². The predicted octanol–water partition coefficient (Wildman–Crippen LogP) is 6.07. The highest BCUT2D eigenvalue weighted by Crippen LogP contribution is 2.39. The van der Waals surface area contributed by atoms with Gasteiger partial charge in [0.2, 0.25) is 5.95 Å². The summed E-state index contributed by atoms with van der Waals surface area (Å²) in [7, 11) is 1.59. The molecule has 0 saturated carbocycles. The number of anilines is 2. The molecule has 4 rings (SSSR count). The fourth-order valence-corrected chi connectivity index (χ4v) is 5.34. The first-order valence-electron chi connectivity index (χ1n) is 11.0. The van der Waals surface area contributed by atoms with E-state index in [9.17, 15) is 4.79 Å². The molecule has 11 heteroatoms. The molecule has 0 aliphatic carbocycles. The Morgan fingerprint density at radius 2 is 2.03 bits per heavy atom. The summed E-state index contributed by atoms with van der Waals surface area (Å²) in [5.74, 6) is 1.92. The van der Waals surface area contributed by atoms with Gasteiger partial charge in [0.15, 0.2) is 0 Å². The summed E-state index contributed by atoms with van der Waals surface area (Å²) >= 11 is 14.4. The van der Waals surface area contributed by atoms with E-state index >= 15 is 0 Å². The van der Waals surface area contributed by atoms with Crippen LogP contribution in [0.5, 0.6) is 5.75 Å². The molecule has 1 aliphatic heterocycles. The molecule has 1 aromatic carbocycles. The van der Waals surface area contributed by atoms with E-state index in [1.807, 2.05) is 25.1 Å². The Morgan fingerprint density at radius 3 is 2.71 bits per heavy atom. The number of aromatic nitrogens is 2. The largest absolute Gasteiger partial charge is 0.508 e. The number of aryl methyl sites for hydroxylation is 1. The van der Waals surface area contributed by atoms with Crippen LogP contribution in [0.25, 0.3) is 10.2 Å². The van der Waals surface area contributed by atoms with E-state index in [2.05, 4.69) is 10.2 Å². The summed E-state index contributed by atoms with van der Waals surface area (Å²) in [4.78, 5) is 25.1. The van der Waals surface area contributed by atoms with E-state index in [-0.39, 0.29) is 6.10 Å². The van der Waals surface area contributed by atoms with Crippen molar-refractivity contribution in [1.29, 1.82) is 0 Å². The number of methoxy groups -OCH3 is 1. The lowest BCUT2D eigenvalue weighted by Crippen LogP contribution is -2.39. The van der Waals surface area contributed by atoms with Crippen molar-refractivity contribution >= 4 is 62.7 Å². The van der Waals surface area contributed by atoms with Gasteiger partial charge in [-0.3, -0.25) is 0 Å². The first-order chi connectivity index (χ1) is 16.4. The zero-order chi connectivity index (χ0) is 24.2. The lowest BCUT2D eigenvalue weighted by molar-refractivity contribution is 0.0183. The number of rotatable bonds is 7. The van der Waals surface area contributed by atoms with E-state index < -0.39 is 6.16 Å². The van der Waals surface area contributed by atoms with Crippen LogP contribution in [0.4, 0.5) is 16.6 Å². The standard InChI is InChI=1S/C23H26Cl2N4O4S/c1-4-32-23(30)33-15-7-9-29(10-8-15)22-27-20(18-19(25)13(2)34-21(18)28-22)26-12-14-5-6-17(31-3)16(24)11-14/h5-6,11,15H,4,7-10,12H2,1-3H3,(H,26,27,28). The topological polar surface area (TPSA) is 85.8 Å². The number of benzene rings is 1. The fraction of sp³-hybridized carbons (Fsp3) is 0.435. The summed E-state index contributed by atoms with van der Waals surface area (Å²) in [5, 5.41) is 5.43. The molecule has 34 heavy (non-hydrogen) atoms. The SMILES string of the molecule is CCOC(=O)OC1CCN(c2nc(NCc3ccc(OC)c(Cl)c3)c3c(Cl)c(C)sc3n2)CC1. The van der Waals surface area contributed by atoms with Crippen LogP contribution in [0.1, 0.15) is 30.2 Å². The molecule has 2 aromatic heterocycles. The number of hydrogen-bond acceptors (Lipinski definition) is 9. The molecule has 3 heterocycles. The van der Waals surface area contributed by atoms with Crippen molar-refractivity contribution in [2.24, 2.45) is 0 Å². The van der Waals surface area contributed by atoms with Crippen LogP contribution < -0.4 is 15.0 Å². The van der Waals surface area contributed by atoms with Gasteiger partial charge in [-0.15, -0.1) is 11.3 Å². The second-order valence-electron chi connectivity index (χ2n) is 7.83. The second kappa shape index (κ2) is 10.8. The number of thiophene rings is 1. The normalized spacial score (nSPS) is 14.3. The number of nitrogens with zero attached hydrogens (tertiary/aromatic N) is 3. The van der Waals surface area contributed by atoms with Crippen LogP contribution >= 0.6 is 34.5 Å². The Hall–Kier alpha value is -2.49. The third kappa shape index (κ3) is 5.42. The van der Waals surface area contributed by atoms with E-state index in [1.54, 1.807) is 25.4 Å². The van der Waals surface area contributed by atoms with Gasteiger partial charge in [0.05, 0.1) is 29.1 Å². The highest BCUT2D eigenvalue weighted by Gasteiger charge is 2.26. The molecule has 1 N–H and O–H groups in total. The minimum absolute atomic E-state index is 0.171. The number of piperidine rings is 1. The lowest BCUT2D eigenvalue weighted by atomic mass is 10.1. The van der Waals surface area contributed by atoms with Gasteiger partial charge < -0.3 is 24.4 Å². The van der Waals surface area contributed by atoms with Crippen molar-refractivity contribution in [3.63, 3.8) is 0 Å². The molecule has 182 valence electrons. The number of ether oxygens (including phenoxy) is 3. The highest BCUT2D eigenvalue weighted by atomic mass is 35.5. The van der Waals surface area contributed by atoms with E-state index in [1.165, 1.54) is 0 Å². The Morgan fingerprint density at radius 1 is 1.26 bits per heavy atom. The van der Waals surface area contributed by atoms with Crippen molar-refractivity contribution < 1.29 is 19.0 Å². The minimum atomic E-state index is -0.618. The first-order valence-corrected chi connectivity index (χ1v) is 12.6. The average molecular weight is 525 g/mol. The number of nitrogens with one attached hydrogen (secondary N) is 1. The Kier molecular flexibility index (Phi) is 7.85. The van der Waals surface area contributed by atoms with Crippen LogP contribution in [-0.2, 0) is 16.0 Å². The number of carbonyl (C=O) groups is 1. The maximum absolute atomic E-state index is 11.6. The van der Waals surface area contributed by atoms with Crippen molar-refractivity contribution in [2.75, 3.05) is 37.0 Å². The van der Waals surface area contributed by atoms with Gasteiger partial charge in [-0.1, -0.05) is 29.3 Å². The van der Waals surface area contributed by atoms with Crippen molar-refractivity contribution in [3.8, 4) is 5.75 Å². The Balaban J connectivity index is 1.53. The number of carbonyl (C=O) groups excluding carboxylic acids is 1. The van der Waals surface area contributed by atoms with Crippen molar-refractivity contribution in [2.45, 2.75) is 39.3 Å². The minimum Gasteiger partial charge on any atom is -0.495 e. The van der Waals surface area contributed by atoms with E-state index in [0.29, 0.717) is 66.6 Å². The summed E-state index contributed by atoms with van der Waals surface area (Å²) in [5.41, 5.74) is 0.985. The smallest absolute Gasteiger partial charge is 0.495 e. The number of halogens is 2. The van der Waals surface area contributed by atoms with Crippen LogP contribution in [0.2, 0.25) is 10.0 Å². The summed E-state index contributed by atoms with van der Waals surface area (Å²) in [6.07, 6.45) is 0.567. The number of hydrogen-bond donors (Lipinski definition) is 1. The highest BCUT2D eigenvalue weighted by molar-refractivity contribution is 7.19. The lowest BCUT2D eigenvalue weighted by Gasteiger charge is -2.31. The van der Waals surface area contributed by atoms with Gasteiger partial charge in [-0.05, 0) is 31.5 Å². The summed E-state index contributed by atoms with van der Waals surface area (Å²) in [6, 6.07) is 5.65. The molecule has 1 fully saturated rings. The molecule has 0 bridgehead atoms. The van der Waals surface area contributed by atoms with Gasteiger partial charge in [0, 0.05) is 37.4 Å². The molecule has 1 saturated heterocycles. The number of fused-ring (bicyclic) bond motifs is 1. The molecule has 0 unspecified atom stereocenters. The summed E-state index contributed by atoms with van der Waals surface area (Å²) < 4.78 is 15.5. The van der Waals surface area contributed by atoms with Crippen LogP contribution in [0.15, 0.2) is 18.2 Å². The van der Waals surface area contributed by atoms with E-state index in [4.69, 9.17) is 47.4 Å². The third-order valence-electron chi connectivity index (χ3n) is 5.57. The summed E-state index contributed by atoms with van der Waals surface area (Å²) in [6.45, 7) is 5.87. The zero-order valence-corrected chi connectivity index (χ0v) is 21.5. The van der Waals surface area contributed by atoms with E-state index in [0.717, 1.165) is 20.7 Å². The zero-order valence-electron chi connectivity index (χ0n) is 19.2. The monoisotopic (exact) mass is 524 g/mol. The maximum Gasteiger partial charge on any atom is 0.508 e. The van der Waals surface area contributed by atoms with Crippen LogP contribution in [0.3, 0.4) is 0 Å². The van der Waals surface area contributed by atoms with Gasteiger partial charge in [0.1, 0.15) is 22.5 Å². The van der Waals surface area contributed by atoms with Gasteiger partial charge in [0.25, 0.3) is 0 Å². The quantitative estimate of drug-likeness (QED) is 0.372. The van der Waals surface area contributed by atoms with Gasteiger partial charge >= 0.3 is 6.16 Å². The molecular weight excluding hydrogens is 499 g/mol. The Bertz CT molecular complexity index is 1180. The van der Waals surface area contributed by atoms with Crippen molar-refractivity contribution in [3.05, 3.63) is 38.7 Å². The molecule has 0 radical (unpaired) electrons. The molecule has 3 aromatic rings. The second-order valence-corrected chi connectivity index (χ2v) is 9.82. The molecule has 8 nitrogen and oxygen atoms in total. The van der Waals surface area contributed by atoms with Crippen molar-refractivity contribution in [1.82, 2.24) is 9.97 Å². The van der Waals surface area contributed by atoms with Gasteiger partial charge in [-0.2, -0.15) is 4.98 Å². The first kappa shape index (κ1) is 24.6. The van der Waals surface area contributed by atoms with Gasteiger partial charge in [-0.25, -0.2) is 9.78 Å². The molecule has 0 spiro atoms. The predicted molar refractivity (Wildman–Crippen MR) is 136 cm³/mol.